The van der Waals surface area contributed by atoms with Crippen molar-refractivity contribution in [2.45, 2.75) is 13.1 Å². The second-order valence-electron chi connectivity index (χ2n) is 2.12. The van der Waals surface area contributed by atoms with Crippen molar-refractivity contribution >= 4 is 0 Å². The minimum atomic E-state index is 0.219. The first-order valence-electron chi connectivity index (χ1n) is 3.14. The molecule has 1 heterocycles. The number of nitrogens with one attached hydrogen (secondary N) is 1. The second kappa shape index (κ2) is 2.73. The van der Waals surface area contributed by atoms with Crippen LogP contribution < -0.4 is 5.32 Å². The van der Waals surface area contributed by atoms with Gasteiger partial charge in [0.25, 0.3) is 0 Å². The van der Waals surface area contributed by atoms with Gasteiger partial charge >= 0.3 is 0 Å². The third kappa shape index (κ3) is 1.36. The zero-order valence-electron chi connectivity index (χ0n) is 5.54. The Hall–Kier alpha value is -0.700. The number of aliphatic hydroxyl groups is 1. The molecule has 1 atom stereocenters. The van der Waals surface area contributed by atoms with Gasteiger partial charge in [-0.2, -0.15) is 0 Å². The van der Waals surface area contributed by atoms with E-state index >= 15 is 0 Å². The SMILES string of the molecule is CC1NC=CN1CCO. The molecule has 0 amide bonds. The molecular weight excluding hydrogens is 116 g/mol. The summed E-state index contributed by atoms with van der Waals surface area (Å²) in [7, 11) is 0. The van der Waals surface area contributed by atoms with Crippen molar-refractivity contribution in [3.05, 3.63) is 12.4 Å². The normalized spacial score (nSPS) is 24.7. The fourth-order valence-electron chi connectivity index (χ4n) is 0.887. The zero-order valence-corrected chi connectivity index (χ0v) is 5.54. The fraction of sp³-hybridized carbons (Fsp3) is 0.667. The molecule has 9 heavy (non-hydrogen) atoms. The van der Waals surface area contributed by atoms with Gasteiger partial charge in [-0.15, -0.1) is 0 Å². The van der Waals surface area contributed by atoms with Crippen molar-refractivity contribution < 1.29 is 5.11 Å². The molecule has 1 unspecified atom stereocenters. The van der Waals surface area contributed by atoms with Crippen molar-refractivity contribution in [3.63, 3.8) is 0 Å². The molecule has 0 fully saturated rings. The summed E-state index contributed by atoms with van der Waals surface area (Å²) in [6.45, 7) is 2.98. The van der Waals surface area contributed by atoms with Crippen molar-refractivity contribution in [2.75, 3.05) is 13.2 Å². The van der Waals surface area contributed by atoms with Gasteiger partial charge in [0.1, 0.15) is 0 Å². The van der Waals surface area contributed by atoms with E-state index in [2.05, 4.69) is 12.2 Å². The molecule has 1 aliphatic heterocycles. The van der Waals surface area contributed by atoms with E-state index in [1.54, 1.807) is 0 Å². The van der Waals surface area contributed by atoms with Crippen LogP contribution in [0.1, 0.15) is 6.92 Å². The lowest BCUT2D eigenvalue weighted by Crippen LogP contribution is -2.33. The van der Waals surface area contributed by atoms with Crippen LogP contribution in [0.2, 0.25) is 0 Å². The summed E-state index contributed by atoms with van der Waals surface area (Å²) < 4.78 is 0. The summed E-state index contributed by atoms with van der Waals surface area (Å²) in [4.78, 5) is 2.04. The quantitative estimate of drug-likeness (QED) is 0.536. The van der Waals surface area contributed by atoms with Gasteiger partial charge in [-0.1, -0.05) is 0 Å². The molecule has 3 nitrogen and oxygen atoms in total. The summed E-state index contributed by atoms with van der Waals surface area (Å²) in [5.74, 6) is 0. The van der Waals surface area contributed by atoms with Gasteiger partial charge in [0, 0.05) is 18.9 Å². The topological polar surface area (TPSA) is 35.5 Å². The van der Waals surface area contributed by atoms with Crippen LogP contribution in [0.4, 0.5) is 0 Å². The van der Waals surface area contributed by atoms with Crippen LogP contribution >= 0.6 is 0 Å². The molecule has 1 aliphatic rings. The monoisotopic (exact) mass is 128 g/mol. The van der Waals surface area contributed by atoms with Crippen LogP contribution in [0, 0.1) is 0 Å². The Labute approximate surface area is 55.0 Å². The molecule has 52 valence electrons. The molecule has 0 bridgehead atoms. The van der Waals surface area contributed by atoms with Gasteiger partial charge in [0.15, 0.2) is 0 Å². The maximum atomic E-state index is 8.54. The van der Waals surface area contributed by atoms with Gasteiger partial charge < -0.3 is 15.3 Å². The molecule has 0 aromatic carbocycles. The summed E-state index contributed by atoms with van der Waals surface area (Å²) in [5, 5.41) is 11.6. The standard InChI is InChI=1S/C6H12N2O/c1-6-7-2-3-8(6)4-5-9/h2-3,6-7,9H,4-5H2,1H3. The van der Waals surface area contributed by atoms with Gasteiger partial charge in [-0.3, -0.25) is 0 Å². The van der Waals surface area contributed by atoms with Gasteiger partial charge in [-0.05, 0) is 6.92 Å². The molecule has 0 radical (unpaired) electrons. The average molecular weight is 128 g/mol. The first-order valence-corrected chi connectivity index (χ1v) is 3.14. The smallest absolute Gasteiger partial charge is 0.0953 e. The highest BCUT2D eigenvalue weighted by molar-refractivity contribution is 4.91. The maximum absolute atomic E-state index is 8.54. The number of hydrogen-bond acceptors (Lipinski definition) is 3. The fourth-order valence-corrected chi connectivity index (χ4v) is 0.887. The van der Waals surface area contributed by atoms with Crippen LogP contribution in [0.5, 0.6) is 0 Å². The maximum Gasteiger partial charge on any atom is 0.0953 e. The summed E-state index contributed by atoms with van der Waals surface area (Å²) in [6.07, 6.45) is 4.18. The van der Waals surface area contributed by atoms with Gasteiger partial charge in [0.2, 0.25) is 0 Å². The van der Waals surface area contributed by atoms with Crippen molar-refractivity contribution in [2.24, 2.45) is 0 Å². The molecule has 0 saturated heterocycles. The average Bonchev–Trinajstić information content (AvgIpc) is 2.18. The number of β-amino-alcohol motifs (C(OH)–C–C–N with tert-alkyl or cyclic N) is 1. The van der Waals surface area contributed by atoms with Crippen LogP contribution in [-0.4, -0.2) is 29.3 Å². The molecule has 2 N–H and O–H groups in total. The largest absolute Gasteiger partial charge is 0.395 e. The van der Waals surface area contributed by atoms with Crippen LogP contribution in [0.25, 0.3) is 0 Å². The Morgan fingerprint density at radius 1 is 1.78 bits per heavy atom. The molecule has 0 spiro atoms. The third-order valence-electron chi connectivity index (χ3n) is 1.46. The minimum absolute atomic E-state index is 0.219. The molecule has 0 aliphatic carbocycles. The molecule has 0 aromatic heterocycles. The Morgan fingerprint density at radius 2 is 2.56 bits per heavy atom. The van der Waals surface area contributed by atoms with Crippen LogP contribution in [0.3, 0.4) is 0 Å². The third-order valence-corrected chi connectivity index (χ3v) is 1.46. The van der Waals surface area contributed by atoms with Crippen molar-refractivity contribution in [1.82, 2.24) is 10.2 Å². The molecular formula is C6H12N2O. The number of rotatable bonds is 2. The molecule has 0 saturated carbocycles. The summed E-state index contributed by atoms with van der Waals surface area (Å²) in [6, 6.07) is 0. The molecule has 1 rings (SSSR count). The molecule has 3 heteroatoms. The van der Waals surface area contributed by atoms with E-state index < -0.39 is 0 Å². The van der Waals surface area contributed by atoms with Gasteiger partial charge in [-0.25, -0.2) is 0 Å². The van der Waals surface area contributed by atoms with Crippen LogP contribution in [-0.2, 0) is 0 Å². The lowest BCUT2D eigenvalue weighted by atomic mass is 10.5. The predicted octanol–water partition coefficient (Wildman–Crippen LogP) is -0.299. The summed E-state index contributed by atoms with van der Waals surface area (Å²) in [5.41, 5.74) is 0. The van der Waals surface area contributed by atoms with Crippen molar-refractivity contribution in [1.29, 1.82) is 0 Å². The number of aliphatic hydroxyl groups excluding tert-OH is 1. The molecule has 0 aromatic rings. The highest BCUT2D eigenvalue weighted by Crippen LogP contribution is 2.01. The van der Waals surface area contributed by atoms with Crippen LogP contribution in [0.15, 0.2) is 12.4 Å². The first kappa shape index (κ1) is 6.42. The highest BCUT2D eigenvalue weighted by Gasteiger charge is 2.10. The predicted molar refractivity (Wildman–Crippen MR) is 35.5 cm³/mol. The number of hydrogen-bond donors (Lipinski definition) is 2. The van der Waals surface area contributed by atoms with E-state index in [1.165, 1.54) is 0 Å². The Balaban J connectivity index is 2.31. The Bertz CT molecular complexity index is 114. The van der Waals surface area contributed by atoms with E-state index in [0.717, 1.165) is 0 Å². The Morgan fingerprint density at radius 3 is 3.00 bits per heavy atom. The van der Waals surface area contributed by atoms with E-state index in [-0.39, 0.29) is 6.61 Å². The van der Waals surface area contributed by atoms with E-state index in [4.69, 9.17) is 5.11 Å². The number of nitrogens with zero attached hydrogens (tertiary/aromatic N) is 1. The lowest BCUT2D eigenvalue weighted by molar-refractivity contribution is 0.210. The van der Waals surface area contributed by atoms with Crippen molar-refractivity contribution in [3.8, 4) is 0 Å². The van der Waals surface area contributed by atoms with E-state index in [9.17, 15) is 0 Å². The highest BCUT2D eigenvalue weighted by atomic mass is 16.3. The minimum Gasteiger partial charge on any atom is -0.395 e. The second-order valence-corrected chi connectivity index (χ2v) is 2.12. The zero-order chi connectivity index (χ0) is 6.69. The lowest BCUT2D eigenvalue weighted by Gasteiger charge is -2.20. The Kier molecular flexibility index (Phi) is 1.95. The van der Waals surface area contributed by atoms with E-state index in [1.807, 2.05) is 17.3 Å². The summed E-state index contributed by atoms with van der Waals surface area (Å²) >= 11 is 0. The first-order chi connectivity index (χ1) is 4.34. The van der Waals surface area contributed by atoms with E-state index in [0.29, 0.717) is 12.7 Å². The van der Waals surface area contributed by atoms with Gasteiger partial charge in [0.05, 0.1) is 12.8 Å².